The average molecular weight is 413 g/mol. The first-order chi connectivity index (χ1) is 11.6. The minimum atomic E-state index is -0.378. The lowest BCUT2D eigenvalue weighted by molar-refractivity contribution is -0.128. The van der Waals surface area contributed by atoms with E-state index in [0.29, 0.717) is 31.9 Å². The molecule has 1 atom stereocenters. The zero-order chi connectivity index (χ0) is 16.9. The van der Waals surface area contributed by atoms with Gasteiger partial charge in [0, 0.05) is 39.9 Å². The van der Waals surface area contributed by atoms with Crippen molar-refractivity contribution in [1.29, 1.82) is 0 Å². The van der Waals surface area contributed by atoms with Crippen LogP contribution >= 0.6 is 27.3 Å². The number of nitrogens with zero attached hydrogens (tertiary/aromatic N) is 1. The van der Waals surface area contributed by atoms with Crippen LogP contribution < -0.4 is 5.32 Å². The summed E-state index contributed by atoms with van der Waals surface area (Å²) in [6.07, 6.45) is 0. The van der Waals surface area contributed by atoms with E-state index < -0.39 is 0 Å². The Balaban J connectivity index is 1.74. The number of hydrogen-bond donors (Lipinski definition) is 1. The third-order valence-corrected chi connectivity index (χ3v) is 5.67. The molecule has 1 N–H and O–H groups in total. The van der Waals surface area contributed by atoms with Gasteiger partial charge in [-0.25, -0.2) is 4.39 Å². The highest BCUT2D eigenvalue weighted by atomic mass is 79.9. The normalized spacial score (nSPS) is 16.8. The van der Waals surface area contributed by atoms with Crippen molar-refractivity contribution in [2.75, 3.05) is 26.3 Å². The van der Waals surface area contributed by atoms with E-state index in [-0.39, 0.29) is 24.3 Å². The first kappa shape index (κ1) is 17.5. The fourth-order valence-corrected chi connectivity index (χ4v) is 4.28. The standard InChI is InChI=1S/C17H18BrFN2O2S/c18-13-9-15(24-11-13)16(21-5-7-23-8-6-21)17(22)20-10-12-3-1-2-4-14(12)19/h1-4,9,11,16H,5-8,10H2,(H,20,22)/t16-/m1/s1. The van der Waals surface area contributed by atoms with Crippen LogP contribution in [0.4, 0.5) is 4.39 Å². The van der Waals surface area contributed by atoms with E-state index in [1.807, 2.05) is 11.4 Å². The summed E-state index contributed by atoms with van der Waals surface area (Å²) in [5.41, 5.74) is 0.485. The molecule has 1 aliphatic rings. The average Bonchev–Trinajstić information content (AvgIpc) is 3.01. The number of ether oxygens (including phenoxy) is 1. The van der Waals surface area contributed by atoms with Crippen molar-refractivity contribution < 1.29 is 13.9 Å². The van der Waals surface area contributed by atoms with Crippen molar-refractivity contribution in [3.63, 3.8) is 0 Å². The van der Waals surface area contributed by atoms with E-state index in [2.05, 4.69) is 26.1 Å². The molecule has 0 unspecified atom stereocenters. The summed E-state index contributed by atoms with van der Waals surface area (Å²) < 4.78 is 20.1. The topological polar surface area (TPSA) is 41.6 Å². The van der Waals surface area contributed by atoms with Crippen LogP contribution in [0.15, 0.2) is 40.2 Å². The Morgan fingerprint density at radius 3 is 2.79 bits per heavy atom. The van der Waals surface area contributed by atoms with Crippen LogP contribution in [0.3, 0.4) is 0 Å². The molecule has 0 bridgehead atoms. The van der Waals surface area contributed by atoms with Gasteiger partial charge in [-0.3, -0.25) is 9.69 Å². The molecule has 1 saturated heterocycles. The Labute approximate surface area is 152 Å². The number of morpholine rings is 1. The van der Waals surface area contributed by atoms with Crippen LogP contribution in [-0.4, -0.2) is 37.1 Å². The molecule has 1 aliphatic heterocycles. The van der Waals surface area contributed by atoms with Gasteiger partial charge in [-0.2, -0.15) is 0 Å². The molecule has 0 spiro atoms. The van der Waals surface area contributed by atoms with Crippen LogP contribution in [0.1, 0.15) is 16.5 Å². The highest BCUT2D eigenvalue weighted by Gasteiger charge is 2.30. The van der Waals surface area contributed by atoms with Crippen LogP contribution in [0.2, 0.25) is 0 Å². The fraction of sp³-hybridized carbons (Fsp3) is 0.353. The first-order valence-corrected chi connectivity index (χ1v) is 9.39. The molecule has 1 aromatic carbocycles. The summed E-state index contributed by atoms with van der Waals surface area (Å²) in [5.74, 6) is -0.422. The minimum Gasteiger partial charge on any atom is -0.379 e. The Bertz CT molecular complexity index is 703. The van der Waals surface area contributed by atoms with Crippen molar-refractivity contribution >= 4 is 33.2 Å². The molecule has 0 radical (unpaired) electrons. The van der Waals surface area contributed by atoms with Gasteiger partial charge in [-0.1, -0.05) is 18.2 Å². The van der Waals surface area contributed by atoms with Gasteiger partial charge in [0.05, 0.1) is 13.2 Å². The van der Waals surface area contributed by atoms with Crippen LogP contribution in [0.25, 0.3) is 0 Å². The zero-order valence-corrected chi connectivity index (χ0v) is 15.4. The van der Waals surface area contributed by atoms with Gasteiger partial charge in [0.25, 0.3) is 0 Å². The molecular formula is C17H18BrFN2O2S. The third kappa shape index (κ3) is 4.22. The molecule has 1 amide bonds. The quantitative estimate of drug-likeness (QED) is 0.818. The maximum Gasteiger partial charge on any atom is 0.243 e. The summed E-state index contributed by atoms with van der Waals surface area (Å²) >= 11 is 4.98. The Morgan fingerprint density at radius 1 is 1.38 bits per heavy atom. The summed E-state index contributed by atoms with van der Waals surface area (Å²) in [4.78, 5) is 15.9. The minimum absolute atomic E-state index is 0.116. The number of nitrogens with one attached hydrogen (secondary N) is 1. The lowest BCUT2D eigenvalue weighted by atomic mass is 10.1. The summed E-state index contributed by atoms with van der Waals surface area (Å²) in [6, 6.07) is 8.07. The largest absolute Gasteiger partial charge is 0.379 e. The van der Waals surface area contributed by atoms with Crippen LogP contribution in [-0.2, 0) is 16.1 Å². The van der Waals surface area contributed by atoms with E-state index in [0.717, 1.165) is 9.35 Å². The maximum atomic E-state index is 13.7. The Kier molecular flexibility index (Phi) is 5.99. The Hall–Kier alpha value is -1.28. The number of halogens is 2. The highest BCUT2D eigenvalue weighted by Crippen LogP contribution is 2.30. The molecule has 128 valence electrons. The van der Waals surface area contributed by atoms with E-state index in [1.54, 1.807) is 29.5 Å². The number of thiophene rings is 1. The van der Waals surface area contributed by atoms with Gasteiger partial charge in [0.1, 0.15) is 11.9 Å². The molecule has 0 saturated carbocycles. The molecule has 1 fully saturated rings. The lowest BCUT2D eigenvalue weighted by Gasteiger charge is -2.33. The van der Waals surface area contributed by atoms with Crippen molar-refractivity contribution in [2.45, 2.75) is 12.6 Å². The van der Waals surface area contributed by atoms with E-state index >= 15 is 0 Å². The van der Waals surface area contributed by atoms with E-state index in [4.69, 9.17) is 4.74 Å². The van der Waals surface area contributed by atoms with Gasteiger partial charge >= 0.3 is 0 Å². The number of carbonyl (C=O) groups is 1. The first-order valence-electron chi connectivity index (χ1n) is 7.72. The summed E-state index contributed by atoms with van der Waals surface area (Å²) in [7, 11) is 0. The van der Waals surface area contributed by atoms with Gasteiger partial charge in [-0.05, 0) is 28.1 Å². The monoisotopic (exact) mass is 412 g/mol. The second-order valence-electron chi connectivity index (χ2n) is 5.53. The predicted molar refractivity (Wildman–Crippen MR) is 95.4 cm³/mol. The van der Waals surface area contributed by atoms with Crippen molar-refractivity contribution in [3.8, 4) is 0 Å². The maximum absolute atomic E-state index is 13.7. The van der Waals surface area contributed by atoms with Crippen molar-refractivity contribution in [3.05, 3.63) is 56.4 Å². The predicted octanol–water partition coefficient (Wildman–Crippen LogP) is 3.34. The second kappa shape index (κ2) is 8.20. The number of hydrogen-bond acceptors (Lipinski definition) is 4. The summed E-state index contributed by atoms with van der Waals surface area (Å²) in [5, 5.41) is 4.84. The molecule has 2 aromatic rings. The molecule has 4 nitrogen and oxygen atoms in total. The fourth-order valence-electron chi connectivity index (χ4n) is 2.70. The molecule has 24 heavy (non-hydrogen) atoms. The van der Waals surface area contributed by atoms with Crippen LogP contribution in [0.5, 0.6) is 0 Å². The molecule has 3 rings (SSSR count). The number of benzene rings is 1. The smallest absolute Gasteiger partial charge is 0.243 e. The Morgan fingerprint density at radius 2 is 2.12 bits per heavy atom. The SMILES string of the molecule is O=C(NCc1ccccc1F)[C@@H](c1cc(Br)cs1)N1CCOCC1. The van der Waals surface area contributed by atoms with Gasteiger partial charge in [0.2, 0.25) is 5.91 Å². The van der Waals surface area contributed by atoms with Crippen LogP contribution in [0, 0.1) is 5.82 Å². The highest BCUT2D eigenvalue weighted by molar-refractivity contribution is 9.10. The third-order valence-electron chi connectivity index (χ3n) is 3.93. The molecule has 1 aromatic heterocycles. The van der Waals surface area contributed by atoms with E-state index in [1.165, 1.54) is 6.07 Å². The molecular weight excluding hydrogens is 395 g/mol. The van der Waals surface area contributed by atoms with Gasteiger partial charge in [-0.15, -0.1) is 11.3 Å². The molecule has 0 aliphatic carbocycles. The van der Waals surface area contributed by atoms with Gasteiger partial charge < -0.3 is 10.1 Å². The summed E-state index contributed by atoms with van der Waals surface area (Å²) in [6.45, 7) is 2.81. The molecule has 7 heteroatoms. The number of rotatable bonds is 5. The lowest BCUT2D eigenvalue weighted by Crippen LogP contribution is -2.45. The van der Waals surface area contributed by atoms with Crippen molar-refractivity contribution in [1.82, 2.24) is 10.2 Å². The molecule has 2 heterocycles. The van der Waals surface area contributed by atoms with E-state index in [9.17, 15) is 9.18 Å². The second-order valence-corrected chi connectivity index (χ2v) is 7.39. The zero-order valence-electron chi connectivity index (χ0n) is 13.0. The van der Waals surface area contributed by atoms with Gasteiger partial charge in [0.15, 0.2) is 0 Å². The van der Waals surface area contributed by atoms with Crippen molar-refractivity contribution in [2.24, 2.45) is 0 Å². The number of carbonyl (C=O) groups excluding carboxylic acids is 1. The number of amides is 1.